The van der Waals surface area contributed by atoms with E-state index in [2.05, 4.69) is 20.8 Å². The Morgan fingerprint density at radius 3 is 2.27 bits per heavy atom. The van der Waals surface area contributed by atoms with Gasteiger partial charge in [-0.05, 0) is 33.3 Å². The van der Waals surface area contributed by atoms with E-state index in [1.807, 2.05) is 0 Å². The van der Waals surface area contributed by atoms with E-state index >= 15 is 0 Å². The van der Waals surface area contributed by atoms with Crippen molar-refractivity contribution in [2.75, 3.05) is 26.9 Å². The summed E-state index contributed by atoms with van der Waals surface area (Å²) >= 11 is 3.16. The Labute approximate surface area is 237 Å². The second-order valence-electron chi connectivity index (χ2n) is 8.78. The molecule has 1 unspecified atom stereocenters. The smallest absolute Gasteiger partial charge is 0.493 e. The highest BCUT2D eigenvalue weighted by Crippen LogP contribution is 2.38. The third kappa shape index (κ3) is 9.36. The fourth-order valence-corrected chi connectivity index (χ4v) is 3.33. The number of carbonyl (C=O) groups is 5. The van der Waals surface area contributed by atoms with E-state index < -0.39 is 50.9 Å². The van der Waals surface area contributed by atoms with Crippen molar-refractivity contribution in [3.8, 4) is 11.5 Å². The molecule has 1 aliphatic rings. The van der Waals surface area contributed by atoms with Crippen LogP contribution < -0.4 is 9.47 Å². The van der Waals surface area contributed by atoms with Crippen molar-refractivity contribution < 1.29 is 57.4 Å². The van der Waals surface area contributed by atoms with Crippen molar-refractivity contribution >= 4 is 51.5 Å². The van der Waals surface area contributed by atoms with Crippen LogP contribution in [0, 0.1) is 10.1 Å². The Bertz CT molecular complexity index is 1130. The number of ether oxygens (including phenoxy) is 5. The molecule has 0 N–H and O–H groups in total. The summed E-state index contributed by atoms with van der Waals surface area (Å²) < 4.78 is 24.9. The predicted molar refractivity (Wildman–Crippen MR) is 136 cm³/mol. The van der Waals surface area contributed by atoms with Gasteiger partial charge in [-0.2, -0.15) is 0 Å². The number of alkyl halides is 1. The molecule has 1 aromatic carbocycles. The fraction of sp³-hybridized carbons (Fsp3) is 0.542. The first-order valence-corrected chi connectivity index (χ1v) is 12.8. The molecule has 1 saturated heterocycles. The summed E-state index contributed by atoms with van der Waals surface area (Å²) in [6.45, 7) is 4.32. The van der Waals surface area contributed by atoms with Crippen molar-refractivity contribution in [2.45, 2.75) is 56.9 Å². The number of nitrogens with zero attached hydrogens (tertiary/aromatic N) is 2. The molecule has 40 heavy (non-hydrogen) atoms. The summed E-state index contributed by atoms with van der Waals surface area (Å²) in [6.07, 6.45) is -2.69. The highest BCUT2D eigenvalue weighted by atomic mass is 79.9. The van der Waals surface area contributed by atoms with E-state index in [4.69, 9.17) is 23.7 Å². The van der Waals surface area contributed by atoms with Gasteiger partial charge in [0.05, 0.1) is 30.3 Å². The largest absolute Gasteiger partial charge is 0.534 e. The lowest BCUT2D eigenvalue weighted by molar-refractivity contribution is -0.386. The zero-order valence-corrected chi connectivity index (χ0v) is 23.8. The monoisotopic (exact) mass is 632 g/mol. The van der Waals surface area contributed by atoms with Gasteiger partial charge in [0.15, 0.2) is 11.5 Å². The molecular weight excluding hydrogens is 604 g/mol. The first-order valence-electron chi connectivity index (χ1n) is 12.0. The summed E-state index contributed by atoms with van der Waals surface area (Å²) in [7, 11) is 1.29. The van der Waals surface area contributed by atoms with Crippen LogP contribution in [0.5, 0.6) is 11.5 Å². The van der Waals surface area contributed by atoms with E-state index in [-0.39, 0.29) is 67.6 Å². The number of hydrogen-bond donors (Lipinski definition) is 0. The van der Waals surface area contributed by atoms with E-state index in [1.54, 1.807) is 13.8 Å². The Morgan fingerprint density at radius 1 is 1.07 bits per heavy atom. The third-order valence-corrected chi connectivity index (χ3v) is 5.56. The van der Waals surface area contributed by atoms with Gasteiger partial charge in [-0.1, -0.05) is 21.0 Å². The van der Waals surface area contributed by atoms with E-state index in [0.717, 1.165) is 6.07 Å². The lowest BCUT2D eigenvalue weighted by atomic mass is 10.1. The van der Waals surface area contributed by atoms with E-state index in [9.17, 15) is 34.1 Å². The minimum atomic E-state index is -1.40. The van der Waals surface area contributed by atoms with Crippen LogP contribution in [0.25, 0.3) is 0 Å². The minimum absolute atomic E-state index is 0.00125. The second kappa shape index (κ2) is 14.4. The van der Waals surface area contributed by atoms with Crippen molar-refractivity contribution in [3.63, 3.8) is 0 Å². The van der Waals surface area contributed by atoms with Crippen molar-refractivity contribution in [2.24, 2.45) is 0 Å². The maximum Gasteiger partial charge on any atom is 0.534 e. The second-order valence-corrected chi connectivity index (χ2v) is 10.8. The molecule has 0 aromatic heterocycles. The molecule has 2 amide bonds. The highest BCUT2D eigenvalue weighted by molar-refractivity contribution is 9.10. The van der Waals surface area contributed by atoms with Gasteiger partial charge in [-0.25, -0.2) is 4.79 Å². The maximum atomic E-state index is 12.1. The van der Waals surface area contributed by atoms with Crippen molar-refractivity contribution in [1.82, 2.24) is 5.06 Å². The molecule has 1 aromatic rings. The summed E-state index contributed by atoms with van der Waals surface area (Å²) in [5, 5.41) is 12.0. The maximum absolute atomic E-state index is 12.1. The standard InChI is InChI=1S/C24H29BrN2O13/c1-14(39-23(32)40-26-19(28)7-8-20(26)29)15-12-17(35-4)18(13-16(15)27(33)34)36-9-5-6-21(30)37-10-11-38-22(31)24(2,3)25/h12-14H,5-11H2,1-4H3. The number of halogens is 1. The molecule has 2 rings (SSSR count). The third-order valence-electron chi connectivity index (χ3n) is 5.24. The summed E-state index contributed by atoms with van der Waals surface area (Å²) in [5.41, 5.74) is -0.539. The number of nitro groups is 1. The van der Waals surface area contributed by atoms with Gasteiger partial charge in [0.25, 0.3) is 17.5 Å². The first-order chi connectivity index (χ1) is 18.7. The average molecular weight is 633 g/mol. The number of hydroxylamine groups is 2. The van der Waals surface area contributed by atoms with E-state index in [1.165, 1.54) is 20.1 Å². The number of nitro benzene ring substituents is 1. The van der Waals surface area contributed by atoms with Gasteiger partial charge in [-0.15, -0.1) is 0 Å². The van der Waals surface area contributed by atoms with Crippen LogP contribution in [0.15, 0.2) is 12.1 Å². The van der Waals surface area contributed by atoms with Gasteiger partial charge in [-0.3, -0.25) is 34.1 Å². The zero-order chi connectivity index (χ0) is 30.0. The zero-order valence-electron chi connectivity index (χ0n) is 22.3. The van der Waals surface area contributed by atoms with Gasteiger partial charge >= 0.3 is 18.1 Å². The lowest BCUT2D eigenvalue weighted by Gasteiger charge is -2.18. The molecule has 1 heterocycles. The molecule has 0 spiro atoms. The topological polar surface area (TPSA) is 187 Å². The quantitative estimate of drug-likeness (QED) is 0.0553. The number of rotatable bonds is 14. The summed E-state index contributed by atoms with van der Waals surface area (Å²) in [6, 6.07) is 2.31. The molecule has 1 atom stereocenters. The molecule has 0 saturated carbocycles. The average Bonchev–Trinajstić information content (AvgIpc) is 3.19. The number of methoxy groups -OCH3 is 1. The highest BCUT2D eigenvalue weighted by Gasteiger charge is 2.34. The van der Waals surface area contributed by atoms with Crippen LogP contribution in [-0.2, 0) is 38.2 Å². The van der Waals surface area contributed by atoms with Crippen LogP contribution in [-0.4, -0.2) is 71.1 Å². The SMILES string of the molecule is COc1cc(C(C)OC(=O)ON2C(=O)CCC2=O)c([N+](=O)[O-])cc1OCCCC(=O)OCCOC(=O)C(C)(C)Br. The Kier molecular flexibility index (Phi) is 11.6. The van der Waals surface area contributed by atoms with Gasteiger partial charge in [0.2, 0.25) is 0 Å². The number of amides is 2. The Balaban J connectivity index is 1.92. The number of carbonyl (C=O) groups excluding carboxylic acids is 5. The molecule has 220 valence electrons. The van der Waals surface area contributed by atoms with Crippen molar-refractivity contribution in [3.05, 3.63) is 27.8 Å². The number of imide groups is 1. The van der Waals surface area contributed by atoms with Gasteiger partial charge in [0.1, 0.15) is 23.6 Å². The van der Waals surface area contributed by atoms with Crippen LogP contribution >= 0.6 is 15.9 Å². The fourth-order valence-electron chi connectivity index (χ4n) is 3.21. The molecule has 16 heteroatoms. The Hall–Kier alpha value is -3.95. The number of hydrogen-bond acceptors (Lipinski definition) is 13. The van der Waals surface area contributed by atoms with Gasteiger partial charge in [0, 0.05) is 19.3 Å². The molecule has 0 aliphatic carbocycles. The first kappa shape index (κ1) is 32.3. The molecule has 1 aliphatic heterocycles. The summed E-state index contributed by atoms with van der Waals surface area (Å²) in [5.74, 6) is -2.40. The van der Waals surface area contributed by atoms with Crippen LogP contribution in [0.2, 0.25) is 0 Å². The van der Waals surface area contributed by atoms with Gasteiger partial charge < -0.3 is 23.7 Å². The molecule has 15 nitrogen and oxygen atoms in total. The molecule has 0 radical (unpaired) electrons. The van der Waals surface area contributed by atoms with Crippen molar-refractivity contribution in [1.29, 1.82) is 0 Å². The van der Waals surface area contributed by atoms with Crippen LogP contribution in [0.3, 0.4) is 0 Å². The number of benzene rings is 1. The Morgan fingerprint density at radius 2 is 1.70 bits per heavy atom. The molecular formula is C24H29BrN2O13. The molecule has 1 fully saturated rings. The molecule has 0 bridgehead atoms. The lowest BCUT2D eigenvalue weighted by Crippen LogP contribution is -2.32. The predicted octanol–water partition coefficient (Wildman–Crippen LogP) is 3.30. The number of esters is 2. The van der Waals surface area contributed by atoms with E-state index in [0.29, 0.717) is 0 Å². The normalized spacial score (nSPS) is 13.9. The van der Waals surface area contributed by atoms with Crippen LogP contribution in [0.1, 0.15) is 58.1 Å². The minimum Gasteiger partial charge on any atom is -0.493 e. The summed E-state index contributed by atoms with van der Waals surface area (Å²) in [4.78, 5) is 74.4. The van der Waals surface area contributed by atoms with Crippen LogP contribution in [0.4, 0.5) is 10.5 Å².